The number of aliphatic imine (C=N–C) groups is 1. The molecule has 1 atom stereocenters. The quantitative estimate of drug-likeness (QED) is 0.498. The average molecular weight is 359 g/mol. The van der Waals surface area contributed by atoms with Crippen molar-refractivity contribution in [1.29, 1.82) is 0 Å². The zero-order valence-electron chi connectivity index (χ0n) is 15.5. The molecule has 2 aromatic rings. The molecule has 0 bridgehead atoms. The van der Waals surface area contributed by atoms with Crippen LogP contribution in [0.2, 0.25) is 0 Å². The Morgan fingerprint density at radius 1 is 1.31 bits per heavy atom. The summed E-state index contributed by atoms with van der Waals surface area (Å²) in [6.45, 7) is 5.87. The van der Waals surface area contributed by atoms with Crippen molar-refractivity contribution < 1.29 is 14.3 Å². The van der Waals surface area contributed by atoms with Crippen LogP contribution in [-0.2, 0) is 11.2 Å². The van der Waals surface area contributed by atoms with Crippen LogP contribution in [0.15, 0.2) is 39.7 Å². The first-order chi connectivity index (χ1) is 12.7. The molecule has 0 saturated carbocycles. The smallest absolute Gasteiger partial charge is 0.191 e. The van der Waals surface area contributed by atoms with E-state index in [0.29, 0.717) is 13.2 Å². The Hall–Kier alpha value is -2.05. The summed E-state index contributed by atoms with van der Waals surface area (Å²) in [5.74, 6) is 1.77. The summed E-state index contributed by atoms with van der Waals surface area (Å²) in [5.41, 5.74) is 0.894. The third-order valence-electron chi connectivity index (χ3n) is 4.88. The number of guanidine groups is 1. The van der Waals surface area contributed by atoms with E-state index in [0.717, 1.165) is 61.6 Å². The number of furan rings is 1. The Bertz CT molecular complexity index is 687. The lowest BCUT2D eigenvalue weighted by Gasteiger charge is -2.24. The number of rotatable bonds is 8. The molecule has 1 fully saturated rings. The van der Waals surface area contributed by atoms with Gasteiger partial charge in [-0.25, -0.2) is 0 Å². The van der Waals surface area contributed by atoms with Crippen LogP contribution in [0, 0.1) is 5.41 Å². The number of nitrogens with one attached hydrogen (secondary N) is 2. The van der Waals surface area contributed by atoms with Gasteiger partial charge in [0.15, 0.2) is 5.96 Å². The third-order valence-corrected chi connectivity index (χ3v) is 4.88. The van der Waals surface area contributed by atoms with E-state index in [1.165, 1.54) is 0 Å². The number of ether oxygens (including phenoxy) is 1. The van der Waals surface area contributed by atoms with Crippen molar-refractivity contribution in [1.82, 2.24) is 10.6 Å². The fourth-order valence-electron chi connectivity index (χ4n) is 3.34. The van der Waals surface area contributed by atoms with E-state index in [9.17, 15) is 5.11 Å². The molecule has 1 saturated heterocycles. The molecule has 1 aliphatic heterocycles. The van der Waals surface area contributed by atoms with E-state index >= 15 is 0 Å². The van der Waals surface area contributed by atoms with Crippen LogP contribution in [0.25, 0.3) is 11.0 Å². The molecule has 26 heavy (non-hydrogen) atoms. The number of hydrogen-bond acceptors (Lipinski definition) is 4. The molecule has 0 aliphatic carbocycles. The van der Waals surface area contributed by atoms with E-state index in [2.05, 4.69) is 29.7 Å². The summed E-state index contributed by atoms with van der Waals surface area (Å²) in [6.07, 6.45) is 2.48. The molecule has 1 aliphatic rings. The predicted molar refractivity (Wildman–Crippen MR) is 103 cm³/mol. The van der Waals surface area contributed by atoms with Crippen LogP contribution < -0.4 is 10.6 Å². The predicted octanol–water partition coefficient (Wildman–Crippen LogP) is 2.32. The third kappa shape index (κ3) is 4.77. The van der Waals surface area contributed by atoms with Crippen LogP contribution in [0.5, 0.6) is 0 Å². The highest BCUT2D eigenvalue weighted by Gasteiger charge is 2.34. The standard InChI is InChI=1S/C20H29N3O3/c1-2-21-19(23-14-20(8-11-24)9-12-25-15-20)22-10-7-17-13-16-5-3-4-6-18(16)26-17/h3-6,13,24H,2,7-12,14-15H2,1H3,(H2,21,22,23). The van der Waals surface area contributed by atoms with Crippen molar-refractivity contribution in [2.75, 3.05) is 39.5 Å². The van der Waals surface area contributed by atoms with Gasteiger partial charge in [-0.2, -0.15) is 0 Å². The van der Waals surface area contributed by atoms with Crippen molar-refractivity contribution in [3.63, 3.8) is 0 Å². The summed E-state index contributed by atoms with van der Waals surface area (Å²) in [4.78, 5) is 4.73. The summed E-state index contributed by atoms with van der Waals surface area (Å²) in [5, 5.41) is 17.1. The van der Waals surface area contributed by atoms with E-state index < -0.39 is 0 Å². The molecule has 142 valence electrons. The van der Waals surface area contributed by atoms with Gasteiger partial charge in [0.2, 0.25) is 0 Å². The van der Waals surface area contributed by atoms with E-state index in [-0.39, 0.29) is 12.0 Å². The number of aliphatic hydroxyl groups is 1. The normalized spacial score (nSPS) is 20.6. The average Bonchev–Trinajstić information content (AvgIpc) is 3.27. The second-order valence-corrected chi connectivity index (χ2v) is 6.90. The van der Waals surface area contributed by atoms with Crippen LogP contribution in [0.4, 0.5) is 0 Å². The minimum absolute atomic E-state index is 0.0319. The van der Waals surface area contributed by atoms with E-state index in [1.807, 2.05) is 18.2 Å². The lowest BCUT2D eigenvalue weighted by molar-refractivity contribution is 0.131. The lowest BCUT2D eigenvalue weighted by atomic mass is 9.84. The molecule has 0 spiro atoms. The number of nitrogens with zero attached hydrogens (tertiary/aromatic N) is 1. The van der Waals surface area contributed by atoms with Gasteiger partial charge in [0.25, 0.3) is 0 Å². The van der Waals surface area contributed by atoms with Gasteiger partial charge in [-0.15, -0.1) is 0 Å². The Labute approximate surface area is 154 Å². The Morgan fingerprint density at radius 3 is 2.92 bits per heavy atom. The highest BCUT2D eigenvalue weighted by Crippen LogP contribution is 2.32. The second kappa shape index (κ2) is 9.05. The van der Waals surface area contributed by atoms with Crippen LogP contribution in [0.1, 0.15) is 25.5 Å². The summed E-state index contributed by atoms with van der Waals surface area (Å²) < 4.78 is 11.4. The molecule has 1 unspecified atom stereocenters. The Kier molecular flexibility index (Phi) is 6.52. The minimum atomic E-state index is -0.0319. The molecule has 1 aromatic carbocycles. The molecule has 3 N–H and O–H groups in total. The van der Waals surface area contributed by atoms with E-state index in [1.54, 1.807) is 0 Å². The number of benzene rings is 1. The molecule has 2 heterocycles. The number of aliphatic hydroxyl groups excluding tert-OH is 1. The van der Waals surface area contributed by atoms with Gasteiger partial charge in [0.05, 0.1) is 13.2 Å². The fourth-order valence-corrected chi connectivity index (χ4v) is 3.34. The Morgan fingerprint density at radius 2 is 2.19 bits per heavy atom. The monoisotopic (exact) mass is 359 g/mol. The van der Waals surface area contributed by atoms with Gasteiger partial charge >= 0.3 is 0 Å². The SMILES string of the molecule is CCNC(=NCC1(CCO)CCOC1)NCCc1cc2ccccc2o1. The van der Waals surface area contributed by atoms with Gasteiger partial charge in [-0.1, -0.05) is 18.2 Å². The maximum Gasteiger partial charge on any atom is 0.191 e. The molecule has 6 heteroatoms. The number of para-hydroxylation sites is 1. The zero-order chi connectivity index (χ0) is 18.2. The molecule has 3 rings (SSSR count). The number of fused-ring (bicyclic) bond motifs is 1. The molecule has 0 amide bonds. The first kappa shape index (κ1) is 18.7. The topological polar surface area (TPSA) is 79.0 Å². The lowest BCUT2D eigenvalue weighted by Crippen LogP contribution is -2.39. The summed E-state index contributed by atoms with van der Waals surface area (Å²) in [7, 11) is 0. The summed E-state index contributed by atoms with van der Waals surface area (Å²) >= 11 is 0. The molecular weight excluding hydrogens is 330 g/mol. The van der Waals surface area contributed by atoms with Crippen LogP contribution in [0.3, 0.4) is 0 Å². The minimum Gasteiger partial charge on any atom is -0.461 e. The van der Waals surface area contributed by atoms with Crippen LogP contribution >= 0.6 is 0 Å². The largest absolute Gasteiger partial charge is 0.461 e. The van der Waals surface area contributed by atoms with Crippen molar-refractivity contribution in [3.8, 4) is 0 Å². The van der Waals surface area contributed by atoms with Crippen molar-refractivity contribution >= 4 is 16.9 Å². The van der Waals surface area contributed by atoms with Gasteiger partial charge < -0.3 is 24.9 Å². The van der Waals surface area contributed by atoms with Gasteiger partial charge in [-0.05, 0) is 31.9 Å². The van der Waals surface area contributed by atoms with Crippen LogP contribution in [-0.4, -0.2) is 50.5 Å². The number of hydrogen-bond donors (Lipinski definition) is 3. The van der Waals surface area contributed by atoms with Crippen molar-refractivity contribution in [3.05, 3.63) is 36.1 Å². The Balaban J connectivity index is 1.55. The molecule has 0 radical (unpaired) electrons. The zero-order valence-corrected chi connectivity index (χ0v) is 15.5. The maximum atomic E-state index is 9.34. The fraction of sp³-hybridized carbons (Fsp3) is 0.550. The first-order valence-corrected chi connectivity index (χ1v) is 9.43. The second-order valence-electron chi connectivity index (χ2n) is 6.90. The summed E-state index contributed by atoms with van der Waals surface area (Å²) in [6, 6.07) is 10.1. The highest BCUT2D eigenvalue weighted by atomic mass is 16.5. The molecule has 6 nitrogen and oxygen atoms in total. The molecule has 1 aromatic heterocycles. The van der Waals surface area contributed by atoms with Gasteiger partial charge in [0.1, 0.15) is 11.3 Å². The van der Waals surface area contributed by atoms with Crippen molar-refractivity contribution in [2.24, 2.45) is 10.4 Å². The maximum absolute atomic E-state index is 9.34. The molecular formula is C20H29N3O3. The van der Waals surface area contributed by atoms with Crippen molar-refractivity contribution in [2.45, 2.75) is 26.2 Å². The highest BCUT2D eigenvalue weighted by molar-refractivity contribution is 5.80. The van der Waals surface area contributed by atoms with Gasteiger partial charge in [0, 0.05) is 43.5 Å². The van der Waals surface area contributed by atoms with Gasteiger partial charge in [-0.3, -0.25) is 4.99 Å². The van der Waals surface area contributed by atoms with E-state index in [4.69, 9.17) is 14.1 Å². The first-order valence-electron chi connectivity index (χ1n) is 9.43.